The molecule has 6 nitrogen and oxygen atoms in total. The summed E-state index contributed by atoms with van der Waals surface area (Å²) >= 11 is 0. The van der Waals surface area contributed by atoms with Crippen molar-refractivity contribution >= 4 is 16.8 Å². The molecule has 0 N–H and O–H groups in total. The van der Waals surface area contributed by atoms with E-state index < -0.39 is 5.82 Å². The van der Waals surface area contributed by atoms with Crippen molar-refractivity contribution in [2.24, 2.45) is 7.05 Å². The molecule has 0 saturated heterocycles. The summed E-state index contributed by atoms with van der Waals surface area (Å²) in [6, 6.07) is 13.8. The number of aryl methyl sites for hydroxylation is 1. The molecule has 27 heavy (non-hydrogen) atoms. The van der Waals surface area contributed by atoms with E-state index in [2.05, 4.69) is 5.10 Å². The van der Waals surface area contributed by atoms with Crippen molar-refractivity contribution in [3.63, 3.8) is 0 Å². The lowest BCUT2D eigenvalue weighted by Gasteiger charge is -2.22. The quantitative estimate of drug-likeness (QED) is 0.611. The average Bonchev–Trinajstić information content (AvgIpc) is 3.02. The van der Waals surface area contributed by atoms with Gasteiger partial charge in [-0.15, -0.1) is 0 Å². The molecule has 0 atom stereocenters. The first-order valence-electron chi connectivity index (χ1n) is 8.69. The molecule has 1 amide bonds. The number of fused-ring (bicyclic) bond motifs is 1. The minimum Gasteiger partial charge on any atom is -0.489 e. The van der Waals surface area contributed by atoms with E-state index in [0.717, 1.165) is 10.9 Å². The number of benzene rings is 2. The molecule has 3 aromatic rings. The number of nitrogens with zero attached hydrogens (tertiary/aromatic N) is 3. The number of para-hydroxylation sites is 2. The molecule has 0 aliphatic rings. The third-order valence-electron chi connectivity index (χ3n) is 4.27. The summed E-state index contributed by atoms with van der Waals surface area (Å²) in [7, 11) is 3.38. The minimum atomic E-state index is -0.428. The van der Waals surface area contributed by atoms with E-state index in [-0.39, 0.29) is 18.3 Å². The molecule has 0 spiro atoms. The molecule has 7 heteroatoms. The van der Waals surface area contributed by atoms with Crippen molar-refractivity contribution in [3.8, 4) is 5.75 Å². The van der Waals surface area contributed by atoms with Crippen molar-refractivity contribution in [2.45, 2.75) is 0 Å². The maximum absolute atomic E-state index is 13.7. The zero-order valence-electron chi connectivity index (χ0n) is 15.4. The molecule has 3 rings (SSSR count). The molecule has 0 unspecified atom stereocenters. The highest BCUT2D eigenvalue weighted by Crippen LogP contribution is 2.19. The third-order valence-corrected chi connectivity index (χ3v) is 4.27. The number of hydrogen-bond donors (Lipinski definition) is 0. The molecule has 0 aliphatic carbocycles. The molecule has 0 aliphatic heterocycles. The highest BCUT2D eigenvalue weighted by atomic mass is 19.1. The zero-order valence-corrected chi connectivity index (χ0v) is 15.4. The van der Waals surface area contributed by atoms with Gasteiger partial charge in [-0.05, 0) is 18.2 Å². The Hall–Kier alpha value is -2.93. The van der Waals surface area contributed by atoms with Gasteiger partial charge in [0.15, 0.2) is 17.3 Å². The summed E-state index contributed by atoms with van der Waals surface area (Å²) < 4.78 is 26.0. The van der Waals surface area contributed by atoms with Gasteiger partial charge in [0.25, 0.3) is 5.91 Å². The zero-order chi connectivity index (χ0) is 19.2. The number of rotatable bonds is 8. The van der Waals surface area contributed by atoms with Gasteiger partial charge in [0.05, 0.1) is 18.7 Å². The molecule has 2 aromatic carbocycles. The first-order valence-corrected chi connectivity index (χ1v) is 8.69. The van der Waals surface area contributed by atoms with Crippen LogP contribution in [0.3, 0.4) is 0 Å². The molecule has 0 bridgehead atoms. The number of amides is 1. The molecule has 0 saturated carbocycles. The van der Waals surface area contributed by atoms with Crippen molar-refractivity contribution in [3.05, 3.63) is 60.0 Å². The minimum absolute atomic E-state index is 0.167. The standard InChI is InChI=1S/C20H22FN3O3/c1-23-17-9-5-3-7-15(17)19(22-23)20(25)24(11-13-26-2)12-14-27-18-10-6-4-8-16(18)21/h3-10H,11-14H2,1-2H3. The van der Waals surface area contributed by atoms with Crippen molar-refractivity contribution in [1.82, 2.24) is 14.7 Å². The van der Waals surface area contributed by atoms with Gasteiger partial charge in [0.2, 0.25) is 0 Å². The van der Waals surface area contributed by atoms with Crippen molar-refractivity contribution in [1.29, 1.82) is 0 Å². The maximum atomic E-state index is 13.7. The fourth-order valence-corrected chi connectivity index (χ4v) is 2.87. The summed E-state index contributed by atoms with van der Waals surface area (Å²) in [6.45, 7) is 1.24. The van der Waals surface area contributed by atoms with E-state index in [9.17, 15) is 9.18 Å². The molecular weight excluding hydrogens is 349 g/mol. The molecule has 1 aromatic heterocycles. The second-order valence-electron chi connectivity index (χ2n) is 6.05. The lowest BCUT2D eigenvalue weighted by Crippen LogP contribution is -2.37. The van der Waals surface area contributed by atoms with Crippen LogP contribution in [0.15, 0.2) is 48.5 Å². The monoisotopic (exact) mass is 371 g/mol. The Morgan fingerprint density at radius 2 is 1.81 bits per heavy atom. The first-order chi connectivity index (χ1) is 13.1. The summed E-state index contributed by atoms with van der Waals surface area (Å²) in [4.78, 5) is 14.7. The highest BCUT2D eigenvalue weighted by molar-refractivity contribution is 6.04. The number of hydrogen-bond acceptors (Lipinski definition) is 4. The van der Waals surface area contributed by atoms with Gasteiger partial charge < -0.3 is 14.4 Å². The predicted octanol–water partition coefficient (Wildman–Crippen LogP) is 2.88. The largest absolute Gasteiger partial charge is 0.489 e. The SMILES string of the molecule is COCCN(CCOc1ccccc1F)C(=O)c1nn(C)c2ccccc12. The molecule has 0 radical (unpaired) electrons. The van der Waals surface area contributed by atoms with Gasteiger partial charge in [0.1, 0.15) is 6.61 Å². The number of halogens is 1. The second-order valence-corrected chi connectivity index (χ2v) is 6.05. The number of aromatic nitrogens is 2. The fourth-order valence-electron chi connectivity index (χ4n) is 2.87. The Morgan fingerprint density at radius 1 is 1.11 bits per heavy atom. The van der Waals surface area contributed by atoms with Crippen LogP contribution < -0.4 is 4.74 Å². The smallest absolute Gasteiger partial charge is 0.275 e. The number of carbonyl (C=O) groups excluding carboxylic acids is 1. The molecule has 142 valence electrons. The molecular formula is C20H22FN3O3. The van der Waals surface area contributed by atoms with Crippen LogP contribution in [0.4, 0.5) is 4.39 Å². The Labute approximate surface area is 157 Å². The predicted molar refractivity (Wildman–Crippen MR) is 100 cm³/mol. The average molecular weight is 371 g/mol. The van der Waals surface area contributed by atoms with E-state index in [0.29, 0.717) is 25.4 Å². The highest BCUT2D eigenvalue weighted by Gasteiger charge is 2.22. The van der Waals surface area contributed by atoms with Crippen LogP contribution in [0, 0.1) is 5.82 Å². The van der Waals surface area contributed by atoms with Gasteiger partial charge in [-0.25, -0.2) is 4.39 Å². The van der Waals surface area contributed by atoms with E-state index in [4.69, 9.17) is 9.47 Å². The lowest BCUT2D eigenvalue weighted by atomic mass is 10.2. The normalized spacial score (nSPS) is 10.9. The van der Waals surface area contributed by atoms with E-state index in [1.54, 1.807) is 41.9 Å². The first kappa shape index (κ1) is 18.8. The topological polar surface area (TPSA) is 56.6 Å². The lowest BCUT2D eigenvalue weighted by molar-refractivity contribution is 0.0660. The van der Waals surface area contributed by atoms with Crippen LogP contribution in [0.2, 0.25) is 0 Å². The van der Waals surface area contributed by atoms with Crippen LogP contribution in [-0.4, -0.2) is 54.0 Å². The Bertz CT molecular complexity index is 926. The summed E-state index contributed by atoms with van der Waals surface area (Å²) in [5.74, 6) is -0.469. The van der Waals surface area contributed by atoms with Crippen LogP contribution in [0.1, 0.15) is 10.5 Å². The van der Waals surface area contributed by atoms with Gasteiger partial charge in [-0.1, -0.05) is 30.3 Å². The maximum Gasteiger partial charge on any atom is 0.275 e. The van der Waals surface area contributed by atoms with Gasteiger partial charge >= 0.3 is 0 Å². The summed E-state index contributed by atoms with van der Waals surface area (Å²) in [5.41, 5.74) is 1.27. The Morgan fingerprint density at radius 3 is 2.59 bits per heavy atom. The van der Waals surface area contributed by atoms with E-state index in [1.807, 2.05) is 24.3 Å². The number of methoxy groups -OCH3 is 1. The summed E-state index contributed by atoms with van der Waals surface area (Å²) in [6.07, 6.45) is 0. The van der Waals surface area contributed by atoms with Crippen molar-refractivity contribution in [2.75, 3.05) is 33.4 Å². The number of ether oxygens (including phenoxy) is 2. The summed E-state index contributed by atoms with van der Waals surface area (Å²) in [5, 5.41) is 5.18. The Kier molecular flexibility index (Phi) is 6.03. The van der Waals surface area contributed by atoms with E-state index in [1.165, 1.54) is 6.07 Å². The van der Waals surface area contributed by atoms with Crippen molar-refractivity contribution < 1.29 is 18.7 Å². The van der Waals surface area contributed by atoms with Crippen LogP contribution in [0.5, 0.6) is 5.75 Å². The molecule has 0 fully saturated rings. The van der Waals surface area contributed by atoms with E-state index >= 15 is 0 Å². The van der Waals surface area contributed by atoms with Crippen LogP contribution in [0.25, 0.3) is 10.9 Å². The fraction of sp³-hybridized carbons (Fsp3) is 0.300. The van der Waals surface area contributed by atoms with Gasteiger partial charge in [-0.2, -0.15) is 5.10 Å². The van der Waals surface area contributed by atoms with Crippen LogP contribution >= 0.6 is 0 Å². The number of carbonyl (C=O) groups is 1. The van der Waals surface area contributed by atoms with Gasteiger partial charge in [-0.3, -0.25) is 9.48 Å². The Balaban J connectivity index is 1.75. The molecule has 1 heterocycles. The van der Waals surface area contributed by atoms with Gasteiger partial charge in [0, 0.05) is 26.1 Å². The van der Waals surface area contributed by atoms with Crippen LogP contribution in [-0.2, 0) is 11.8 Å². The third kappa shape index (κ3) is 4.25. The second kappa shape index (κ2) is 8.64.